The topological polar surface area (TPSA) is 24.9 Å². The highest BCUT2D eigenvalue weighted by molar-refractivity contribution is 7.11. The van der Waals surface area contributed by atoms with Crippen LogP contribution in [0.4, 0.5) is 0 Å². The van der Waals surface area contributed by atoms with Crippen molar-refractivity contribution in [3.05, 3.63) is 49.4 Å². The number of nitrogens with zero attached hydrogens (tertiary/aromatic N) is 1. The van der Waals surface area contributed by atoms with E-state index in [2.05, 4.69) is 17.2 Å². The predicted molar refractivity (Wildman–Crippen MR) is 86.0 cm³/mol. The van der Waals surface area contributed by atoms with Gasteiger partial charge in [-0.25, -0.2) is 4.98 Å². The van der Waals surface area contributed by atoms with E-state index in [0.29, 0.717) is 10.0 Å². The van der Waals surface area contributed by atoms with E-state index < -0.39 is 0 Å². The van der Waals surface area contributed by atoms with Crippen LogP contribution in [0.25, 0.3) is 0 Å². The van der Waals surface area contributed by atoms with Crippen LogP contribution in [0.3, 0.4) is 0 Å². The Bertz CT molecular complexity index is 620. The molecule has 1 aliphatic carbocycles. The normalized spacial score (nSPS) is 14.8. The summed E-state index contributed by atoms with van der Waals surface area (Å²) in [6.07, 6.45) is 3.39. The molecule has 1 N–H and O–H groups in total. The molecular formula is C15H16Cl2N2S. The molecule has 0 unspecified atom stereocenters. The van der Waals surface area contributed by atoms with Crippen LogP contribution in [-0.4, -0.2) is 11.0 Å². The number of halogens is 2. The average molecular weight is 327 g/mol. The molecule has 0 bridgehead atoms. The van der Waals surface area contributed by atoms with Gasteiger partial charge in [0.05, 0.1) is 10.7 Å². The standard InChI is InChI=1S/C15H16Cl2N2S/c1-9-14(8-18-12-4-5-12)20-15(19-9)6-10-2-3-11(16)7-13(10)17/h2-3,7,12,18H,4-6,8H2,1H3. The Morgan fingerprint density at radius 3 is 2.85 bits per heavy atom. The third-order valence-electron chi connectivity index (χ3n) is 3.42. The fourth-order valence-corrected chi connectivity index (χ4v) is 3.60. The highest BCUT2D eigenvalue weighted by Gasteiger charge is 2.21. The Kier molecular flexibility index (Phi) is 4.32. The van der Waals surface area contributed by atoms with Crippen molar-refractivity contribution in [3.8, 4) is 0 Å². The average Bonchev–Trinajstić information content (AvgIpc) is 3.15. The SMILES string of the molecule is Cc1nc(Cc2ccc(Cl)cc2Cl)sc1CNC1CC1. The summed E-state index contributed by atoms with van der Waals surface area (Å²) in [4.78, 5) is 5.99. The Hall–Kier alpha value is -0.610. The maximum absolute atomic E-state index is 6.22. The number of thiazole rings is 1. The van der Waals surface area contributed by atoms with Crippen molar-refractivity contribution in [2.24, 2.45) is 0 Å². The van der Waals surface area contributed by atoms with E-state index in [-0.39, 0.29) is 0 Å². The highest BCUT2D eigenvalue weighted by Crippen LogP contribution is 2.27. The molecule has 2 aromatic rings. The lowest BCUT2D eigenvalue weighted by atomic mass is 10.1. The molecule has 2 nitrogen and oxygen atoms in total. The molecule has 106 valence electrons. The van der Waals surface area contributed by atoms with E-state index in [1.165, 1.54) is 17.7 Å². The second kappa shape index (κ2) is 6.02. The molecular weight excluding hydrogens is 311 g/mol. The quantitative estimate of drug-likeness (QED) is 0.868. The lowest BCUT2D eigenvalue weighted by Gasteiger charge is -2.02. The lowest BCUT2D eigenvalue weighted by Crippen LogP contribution is -2.14. The summed E-state index contributed by atoms with van der Waals surface area (Å²) in [5.41, 5.74) is 2.20. The number of benzene rings is 1. The largest absolute Gasteiger partial charge is 0.309 e. The number of hydrogen-bond donors (Lipinski definition) is 1. The monoisotopic (exact) mass is 326 g/mol. The summed E-state index contributed by atoms with van der Waals surface area (Å²) in [6, 6.07) is 6.36. The summed E-state index contributed by atoms with van der Waals surface area (Å²) < 4.78 is 0. The van der Waals surface area contributed by atoms with Crippen molar-refractivity contribution in [2.45, 2.75) is 38.8 Å². The number of aryl methyl sites for hydroxylation is 1. The zero-order chi connectivity index (χ0) is 14.1. The van der Waals surface area contributed by atoms with Crippen LogP contribution in [0.2, 0.25) is 10.0 Å². The van der Waals surface area contributed by atoms with Crippen molar-refractivity contribution in [3.63, 3.8) is 0 Å². The molecule has 0 aliphatic heterocycles. The zero-order valence-corrected chi connectivity index (χ0v) is 13.6. The van der Waals surface area contributed by atoms with E-state index in [0.717, 1.165) is 35.3 Å². The van der Waals surface area contributed by atoms with Crippen LogP contribution in [0.1, 0.15) is 34.0 Å². The molecule has 20 heavy (non-hydrogen) atoms. The summed E-state index contributed by atoms with van der Waals surface area (Å²) in [6.45, 7) is 3.01. The first-order chi connectivity index (χ1) is 9.61. The zero-order valence-electron chi connectivity index (χ0n) is 11.2. The summed E-state index contributed by atoms with van der Waals surface area (Å²) in [5.74, 6) is 0. The smallest absolute Gasteiger partial charge is 0.0975 e. The lowest BCUT2D eigenvalue weighted by molar-refractivity contribution is 0.691. The van der Waals surface area contributed by atoms with Crippen molar-refractivity contribution < 1.29 is 0 Å². The Balaban J connectivity index is 1.71. The molecule has 1 saturated carbocycles. The maximum Gasteiger partial charge on any atom is 0.0975 e. The van der Waals surface area contributed by atoms with Gasteiger partial charge in [-0.2, -0.15) is 0 Å². The molecule has 1 aromatic carbocycles. The minimum absolute atomic E-state index is 0.670. The molecule has 0 saturated heterocycles. The van der Waals surface area contributed by atoms with Gasteiger partial charge in [0.1, 0.15) is 0 Å². The van der Waals surface area contributed by atoms with Crippen LogP contribution in [0.15, 0.2) is 18.2 Å². The van der Waals surface area contributed by atoms with E-state index in [9.17, 15) is 0 Å². The van der Waals surface area contributed by atoms with Crippen LogP contribution >= 0.6 is 34.5 Å². The third-order valence-corrected chi connectivity index (χ3v) is 5.17. The van der Waals surface area contributed by atoms with Gasteiger partial charge in [-0.3, -0.25) is 0 Å². The number of rotatable bonds is 5. The molecule has 1 aromatic heterocycles. The minimum Gasteiger partial charge on any atom is -0.309 e. The van der Waals surface area contributed by atoms with Gasteiger partial charge in [-0.05, 0) is 37.5 Å². The van der Waals surface area contributed by atoms with Crippen LogP contribution in [0.5, 0.6) is 0 Å². The molecule has 5 heteroatoms. The number of hydrogen-bond acceptors (Lipinski definition) is 3. The first-order valence-corrected chi connectivity index (χ1v) is 8.31. The van der Waals surface area contributed by atoms with Gasteiger partial charge in [0.25, 0.3) is 0 Å². The number of nitrogens with one attached hydrogen (secondary N) is 1. The van der Waals surface area contributed by atoms with Gasteiger partial charge >= 0.3 is 0 Å². The second-order valence-electron chi connectivity index (χ2n) is 5.18. The first kappa shape index (κ1) is 14.3. The summed E-state index contributed by atoms with van der Waals surface area (Å²) in [7, 11) is 0. The fourth-order valence-electron chi connectivity index (χ4n) is 2.08. The predicted octanol–water partition coefficient (Wildman–Crippen LogP) is 4.60. The van der Waals surface area contributed by atoms with Gasteiger partial charge < -0.3 is 5.32 Å². The van der Waals surface area contributed by atoms with Gasteiger partial charge in [-0.15, -0.1) is 11.3 Å². The second-order valence-corrected chi connectivity index (χ2v) is 7.20. The van der Waals surface area contributed by atoms with Gasteiger partial charge in [-0.1, -0.05) is 29.3 Å². The molecule has 0 amide bonds. The number of aromatic nitrogens is 1. The van der Waals surface area contributed by atoms with Gasteiger partial charge in [0.15, 0.2) is 0 Å². The van der Waals surface area contributed by atoms with Crippen LogP contribution in [0, 0.1) is 6.92 Å². The van der Waals surface area contributed by atoms with Gasteiger partial charge in [0.2, 0.25) is 0 Å². The Morgan fingerprint density at radius 2 is 2.15 bits per heavy atom. The van der Waals surface area contributed by atoms with Crippen molar-refractivity contribution in [1.29, 1.82) is 0 Å². The maximum atomic E-state index is 6.22. The van der Waals surface area contributed by atoms with Crippen molar-refractivity contribution in [2.75, 3.05) is 0 Å². The molecule has 0 spiro atoms. The molecule has 0 atom stereocenters. The molecule has 0 radical (unpaired) electrons. The van der Waals surface area contributed by atoms with E-state index >= 15 is 0 Å². The summed E-state index contributed by atoms with van der Waals surface area (Å²) in [5, 5.41) is 6.03. The van der Waals surface area contributed by atoms with Crippen LogP contribution in [-0.2, 0) is 13.0 Å². The van der Waals surface area contributed by atoms with Gasteiger partial charge in [0, 0.05) is 33.9 Å². The molecule has 3 rings (SSSR count). The van der Waals surface area contributed by atoms with E-state index in [1.54, 1.807) is 17.4 Å². The molecule has 1 aliphatic rings. The van der Waals surface area contributed by atoms with Crippen molar-refractivity contribution >= 4 is 34.5 Å². The van der Waals surface area contributed by atoms with Crippen molar-refractivity contribution in [1.82, 2.24) is 10.3 Å². The van der Waals surface area contributed by atoms with E-state index in [4.69, 9.17) is 23.2 Å². The molecule has 1 fully saturated rings. The first-order valence-electron chi connectivity index (χ1n) is 6.74. The Labute approximate surface area is 133 Å². The summed E-state index contributed by atoms with van der Waals surface area (Å²) >= 11 is 13.9. The van der Waals surface area contributed by atoms with Crippen LogP contribution < -0.4 is 5.32 Å². The highest BCUT2D eigenvalue weighted by atomic mass is 35.5. The minimum atomic E-state index is 0.670. The molecule has 1 heterocycles. The van der Waals surface area contributed by atoms with E-state index in [1.807, 2.05) is 12.1 Å². The Morgan fingerprint density at radius 1 is 1.35 bits per heavy atom. The third kappa shape index (κ3) is 3.53. The fraction of sp³-hybridized carbons (Fsp3) is 0.400.